The standard InChI is InChI=1S/C29H32N2O7.C2HF3O2/c1-31-15-14-29-13-12-21(16-23(29)38-27-22(36-2)11-8-19(17-31)26(27)29)37-25(33)5-3-4-24(32)30-20-9-6-18(7-10-20)28(34)35;3-2(4,5)1(6)7/h6-13,21,23H,3-5,14-17H2,1-2H3,(H,30,32)(H,34,35);(H,6,7)/t21-,23-,29?;/m0./s1. The van der Waals surface area contributed by atoms with Gasteiger partial charge in [0.05, 0.1) is 18.1 Å². The highest BCUT2D eigenvalue weighted by Crippen LogP contribution is 2.55. The van der Waals surface area contributed by atoms with Gasteiger partial charge in [-0.1, -0.05) is 12.1 Å². The van der Waals surface area contributed by atoms with Crippen LogP contribution in [-0.4, -0.2) is 78.0 Å². The van der Waals surface area contributed by atoms with Gasteiger partial charge in [-0.2, -0.15) is 13.2 Å². The minimum atomic E-state index is -5.08. The van der Waals surface area contributed by atoms with Gasteiger partial charge in [0.15, 0.2) is 11.5 Å². The van der Waals surface area contributed by atoms with Gasteiger partial charge in [-0.15, -0.1) is 0 Å². The van der Waals surface area contributed by atoms with Crippen molar-refractivity contribution < 1.29 is 56.8 Å². The van der Waals surface area contributed by atoms with Gasteiger partial charge in [-0.3, -0.25) is 9.59 Å². The molecule has 0 saturated carbocycles. The van der Waals surface area contributed by atoms with Crippen LogP contribution >= 0.6 is 0 Å². The highest BCUT2D eigenvalue weighted by Gasteiger charge is 2.53. The van der Waals surface area contributed by atoms with Gasteiger partial charge in [0.25, 0.3) is 0 Å². The molecule has 3 N–H and O–H groups in total. The van der Waals surface area contributed by atoms with Gasteiger partial charge in [0.1, 0.15) is 12.2 Å². The summed E-state index contributed by atoms with van der Waals surface area (Å²) in [5, 5.41) is 18.8. The second-order valence-corrected chi connectivity index (χ2v) is 11.0. The molecule has 3 atom stereocenters. The molecule has 2 aromatic rings. The molecule has 0 saturated heterocycles. The number of halogens is 3. The minimum absolute atomic E-state index is 0.120. The van der Waals surface area contributed by atoms with Gasteiger partial charge in [0, 0.05) is 37.1 Å². The Balaban J connectivity index is 0.000000591. The Bertz CT molecular complexity index is 1480. The van der Waals surface area contributed by atoms with Crippen molar-refractivity contribution in [2.24, 2.45) is 0 Å². The van der Waals surface area contributed by atoms with Crippen LogP contribution in [0.3, 0.4) is 0 Å². The van der Waals surface area contributed by atoms with E-state index in [-0.39, 0.29) is 41.8 Å². The molecule has 5 rings (SSSR count). The average molecular weight is 635 g/mol. The molecule has 11 nitrogen and oxygen atoms in total. The van der Waals surface area contributed by atoms with E-state index in [1.165, 1.54) is 35.4 Å². The van der Waals surface area contributed by atoms with E-state index in [0.29, 0.717) is 18.5 Å². The number of ether oxygens (including phenoxy) is 3. The molecule has 2 heterocycles. The van der Waals surface area contributed by atoms with Gasteiger partial charge in [-0.05, 0) is 68.4 Å². The van der Waals surface area contributed by atoms with Crippen molar-refractivity contribution in [3.05, 3.63) is 65.2 Å². The number of amides is 1. The van der Waals surface area contributed by atoms with Crippen molar-refractivity contribution in [2.45, 2.75) is 62.4 Å². The van der Waals surface area contributed by atoms with E-state index < -0.39 is 24.2 Å². The minimum Gasteiger partial charge on any atom is -0.493 e. The fourth-order valence-corrected chi connectivity index (χ4v) is 5.69. The van der Waals surface area contributed by atoms with Crippen LogP contribution in [0.15, 0.2) is 48.6 Å². The number of anilines is 1. The molecular formula is C31H33F3N2O9. The van der Waals surface area contributed by atoms with Crippen LogP contribution in [0.25, 0.3) is 0 Å². The summed E-state index contributed by atoms with van der Waals surface area (Å²) >= 11 is 0. The first-order valence-electron chi connectivity index (χ1n) is 14.1. The third-order valence-corrected chi connectivity index (χ3v) is 7.86. The molecule has 1 spiro atoms. The SMILES string of the molecule is COc1ccc2c3c1O[C@H]1C[C@@H](OC(=O)CCCC(=O)Nc4ccc(C(=O)O)cc4)C=CC31CCN(C)C2.O=C(O)C(F)(F)F. The van der Waals surface area contributed by atoms with Gasteiger partial charge in [0.2, 0.25) is 5.91 Å². The zero-order chi connectivity index (χ0) is 32.9. The number of hydrogen-bond acceptors (Lipinski definition) is 8. The van der Waals surface area contributed by atoms with Crippen molar-refractivity contribution in [1.29, 1.82) is 0 Å². The van der Waals surface area contributed by atoms with Crippen LogP contribution in [-0.2, 0) is 31.1 Å². The van der Waals surface area contributed by atoms with E-state index in [1.807, 2.05) is 12.1 Å². The summed E-state index contributed by atoms with van der Waals surface area (Å²) in [4.78, 5) is 46.9. The number of carbonyl (C=O) groups is 4. The smallest absolute Gasteiger partial charge is 0.490 e. The molecule has 242 valence electrons. The van der Waals surface area contributed by atoms with Crippen LogP contribution in [0.5, 0.6) is 11.5 Å². The Kier molecular flexibility index (Phi) is 10.1. The predicted octanol–water partition coefficient (Wildman–Crippen LogP) is 4.54. The van der Waals surface area contributed by atoms with E-state index in [4.69, 9.17) is 29.2 Å². The molecule has 3 aliphatic rings. The summed E-state index contributed by atoms with van der Waals surface area (Å²) in [6.07, 6.45) is 0.584. The lowest BCUT2D eigenvalue weighted by atomic mass is 9.69. The Morgan fingerprint density at radius 1 is 1.09 bits per heavy atom. The molecule has 1 amide bonds. The summed E-state index contributed by atoms with van der Waals surface area (Å²) in [7, 11) is 3.77. The number of methoxy groups -OCH3 is 1. The Labute approximate surface area is 256 Å². The first kappa shape index (κ1) is 33.3. The number of carbonyl (C=O) groups excluding carboxylic acids is 2. The molecule has 2 aromatic carbocycles. The van der Waals surface area contributed by atoms with E-state index >= 15 is 0 Å². The molecule has 0 fully saturated rings. The van der Waals surface area contributed by atoms with Gasteiger partial charge < -0.3 is 34.6 Å². The molecule has 0 bridgehead atoms. The Hall–Kier alpha value is -4.59. The molecule has 0 radical (unpaired) electrons. The van der Waals surface area contributed by atoms with Gasteiger partial charge >= 0.3 is 24.1 Å². The van der Waals surface area contributed by atoms with Crippen LogP contribution in [0.1, 0.15) is 53.6 Å². The average Bonchev–Trinajstić information content (AvgIpc) is 3.23. The quantitative estimate of drug-likeness (QED) is 0.279. The highest BCUT2D eigenvalue weighted by atomic mass is 19.4. The van der Waals surface area contributed by atoms with Crippen molar-refractivity contribution in [2.75, 3.05) is 26.0 Å². The van der Waals surface area contributed by atoms with Crippen molar-refractivity contribution >= 4 is 29.5 Å². The van der Waals surface area contributed by atoms with E-state index in [0.717, 1.165) is 31.0 Å². The fourth-order valence-electron chi connectivity index (χ4n) is 5.69. The lowest BCUT2D eigenvalue weighted by Gasteiger charge is -2.36. The summed E-state index contributed by atoms with van der Waals surface area (Å²) in [5.74, 6) is -2.87. The molecule has 1 unspecified atom stereocenters. The van der Waals surface area contributed by atoms with E-state index in [2.05, 4.69) is 29.4 Å². The lowest BCUT2D eigenvalue weighted by molar-refractivity contribution is -0.192. The Morgan fingerprint density at radius 2 is 1.78 bits per heavy atom. The van der Waals surface area contributed by atoms with Crippen LogP contribution < -0.4 is 14.8 Å². The number of aliphatic carboxylic acids is 1. The maximum atomic E-state index is 12.6. The van der Waals surface area contributed by atoms with Crippen LogP contribution in [0.2, 0.25) is 0 Å². The number of benzene rings is 2. The molecule has 1 aliphatic carbocycles. The van der Waals surface area contributed by atoms with Crippen molar-refractivity contribution in [1.82, 2.24) is 4.90 Å². The zero-order valence-corrected chi connectivity index (χ0v) is 24.6. The largest absolute Gasteiger partial charge is 0.493 e. The number of carboxylic acids is 2. The normalized spacial score (nSPS) is 21.5. The number of alkyl halides is 3. The lowest BCUT2D eigenvalue weighted by Crippen LogP contribution is -2.43. The second-order valence-electron chi connectivity index (χ2n) is 11.0. The first-order valence-corrected chi connectivity index (χ1v) is 14.1. The number of carboxylic acid groups (broad SMARTS) is 2. The highest BCUT2D eigenvalue weighted by molar-refractivity contribution is 5.92. The predicted molar refractivity (Wildman–Crippen MR) is 153 cm³/mol. The third kappa shape index (κ3) is 7.74. The number of hydrogen-bond donors (Lipinski definition) is 3. The van der Waals surface area contributed by atoms with E-state index in [9.17, 15) is 27.6 Å². The number of nitrogens with one attached hydrogen (secondary N) is 1. The zero-order valence-electron chi connectivity index (χ0n) is 24.6. The first-order chi connectivity index (χ1) is 21.2. The summed E-state index contributed by atoms with van der Waals surface area (Å²) in [6.45, 7) is 1.77. The fraction of sp³-hybridized carbons (Fsp3) is 0.419. The summed E-state index contributed by atoms with van der Waals surface area (Å²) in [5.41, 5.74) is 2.81. The summed E-state index contributed by atoms with van der Waals surface area (Å²) < 4.78 is 49.6. The summed E-state index contributed by atoms with van der Waals surface area (Å²) in [6, 6.07) is 9.99. The monoisotopic (exact) mass is 634 g/mol. The molecule has 0 aromatic heterocycles. The molecule has 14 heteroatoms. The molecule has 2 aliphatic heterocycles. The maximum Gasteiger partial charge on any atom is 0.490 e. The van der Waals surface area contributed by atoms with E-state index in [1.54, 1.807) is 7.11 Å². The molecular weight excluding hydrogens is 601 g/mol. The molecule has 45 heavy (non-hydrogen) atoms. The third-order valence-electron chi connectivity index (χ3n) is 7.86. The number of rotatable bonds is 8. The van der Waals surface area contributed by atoms with Gasteiger partial charge in [-0.25, -0.2) is 9.59 Å². The second kappa shape index (κ2) is 13.6. The van der Waals surface area contributed by atoms with Crippen molar-refractivity contribution in [3.8, 4) is 11.5 Å². The van der Waals surface area contributed by atoms with Crippen molar-refractivity contribution in [3.63, 3.8) is 0 Å². The number of aromatic carboxylic acids is 1. The number of nitrogens with zero attached hydrogens (tertiary/aromatic N) is 1. The number of esters is 1. The van der Waals surface area contributed by atoms with Crippen LogP contribution in [0, 0.1) is 0 Å². The topological polar surface area (TPSA) is 152 Å². The maximum absolute atomic E-state index is 12.6. The van der Waals surface area contributed by atoms with Crippen LogP contribution in [0.4, 0.5) is 18.9 Å². The Morgan fingerprint density at radius 3 is 2.40 bits per heavy atom.